The highest BCUT2D eigenvalue weighted by molar-refractivity contribution is 5.79. The van der Waals surface area contributed by atoms with Crippen LogP contribution in [-0.2, 0) is 20.1 Å². The van der Waals surface area contributed by atoms with E-state index in [2.05, 4.69) is 24.8 Å². The van der Waals surface area contributed by atoms with Crippen LogP contribution in [0.2, 0.25) is 0 Å². The van der Waals surface area contributed by atoms with Crippen molar-refractivity contribution < 1.29 is 4.74 Å². The van der Waals surface area contributed by atoms with Gasteiger partial charge >= 0.3 is 0 Å². The number of rotatable bonds is 7. The number of nitrogens with zero attached hydrogens (tertiary/aromatic N) is 6. The molecule has 0 amide bonds. The van der Waals surface area contributed by atoms with Crippen molar-refractivity contribution in [3.63, 3.8) is 0 Å². The minimum Gasteiger partial charge on any atom is -0.481 e. The number of methoxy groups -OCH3 is 1. The van der Waals surface area contributed by atoms with E-state index in [1.807, 2.05) is 60.4 Å². The minimum atomic E-state index is 0.0950. The molecule has 3 aromatic heterocycles. The van der Waals surface area contributed by atoms with Crippen molar-refractivity contribution in [3.8, 4) is 5.88 Å². The number of benzene rings is 1. The second-order valence-corrected chi connectivity index (χ2v) is 9.03. The Balaban J connectivity index is 1.48. The fourth-order valence-corrected chi connectivity index (χ4v) is 4.96. The van der Waals surface area contributed by atoms with Gasteiger partial charge in [0.2, 0.25) is 5.88 Å². The molecule has 4 aromatic rings. The fraction of sp³-hybridized carbons (Fsp3) is 0.333. The zero-order valence-corrected chi connectivity index (χ0v) is 20.2. The molecule has 8 heteroatoms. The lowest BCUT2D eigenvalue weighted by Crippen LogP contribution is -2.48. The molecule has 0 N–H and O–H groups in total. The van der Waals surface area contributed by atoms with Crippen molar-refractivity contribution in [2.24, 2.45) is 7.05 Å². The van der Waals surface area contributed by atoms with Gasteiger partial charge in [0.1, 0.15) is 5.82 Å². The maximum Gasteiger partial charge on any atom is 0.213 e. The summed E-state index contributed by atoms with van der Waals surface area (Å²) >= 11 is 0. The molecule has 0 aliphatic carbocycles. The molecule has 1 aliphatic rings. The van der Waals surface area contributed by atoms with Gasteiger partial charge in [-0.1, -0.05) is 12.1 Å². The lowest BCUT2D eigenvalue weighted by molar-refractivity contribution is 0.157. The number of pyridine rings is 2. The number of anilines is 1. The molecule has 0 radical (unpaired) electrons. The maximum atomic E-state index is 13.4. The summed E-state index contributed by atoms with van der Waals surface area (Å²) in [4.78, 5) is 31.2. The molecule has 180 valence electrons. The number of hydrogen-bond acceptors (Lipinski definition) is 7. The number of fused-ring (bicyclic) bond motifs is 1. The Morgan fingerprint density at radius 1 is 1.11 bits per heavy atom. The Labute approximate surface area is 204 Å². The third-order valence-electron chi connectivity index (χ3n) is 6.72. The molecule has 0 spiro atoms. The molecule has 1 aromatic carbocycles. The Hall–Kier alpha value is -3.78. The highest BCUT2D eigenvalue weighted by Crippen LogP contribution is 2.24. The van der Waals surface area contributed by atoms with Crippen LogP contribution in [0, 0.1) is 0 Å². The van der Waals surface area contributed by atoms with Crippen LogP contribution >= 0.6 is 0 Å². The Bertz CT molecular complexity index is 1360. The predicted molar refractivity (Wildman–Crippen MR) is 136 cm³/mol. The van der Waals surface area contributed by atoms with Crippen LogP contribution in [0.3, 0.4) is 0 Å². The van der Waals surface area contributed by atoms with Crippen molar-refractivity contribution in [1.29, 1.82) is 0 Å². The van der Waals surface area contributed by atoms with E-state index in [1.54, 1.807) is 25.7 Å². The number of piperidine rings is 1. The zero-order chi connectivity index (χ0) is 24.2. The third kappa shape index (κ3) is 5.02. The molecule has 35 heavy (non-hydrogen) atoms. The first-order chi connectivity index (χ1) is 17.1. The second-order valence-electron chi connectivity index (χ2n) is 9.03. The molecule has 0 saturated carbocycles. The Kier molecular flexibility index (Phi) is 6.72. The average Bonchev–Trinajstić information content (AvgIpc) is 2.92. The van der Waals surface area contributed by atoms with Crippen LogP contribution < -0.4 is 15.1 Å². The second kappa shape index (κ2) is 10.2. The maximum absolute atomic E-state index is 13.4. The quantitative estimate of drug-likeness (QED) is 0.410. The van der Waals surface area contributed by atoms with E-state index in [9.17, 15) is 4.79 Å². The smallest absolute Gasteiger partial charge is 0.213 e. The summed E-state index contributed by atoms with van der Waals surface area (Å²) in [6, 6.07) is 12.0. The summed E-state index contributed by atoms with van der Waals surface area (Å²) in [6.45, 7) is 3.02. The van der Waals surface area contributed by atoms with Gasteiger partial charge in [0, 0.05) is 81.1 Å². The molecule has 5 rings (SSSR count). The van der Waals surface area contributed by atoms with Gasteiger partial charge in [-0.3, -0.25) is 14.7 Å². The van der Waals surface area contributed by atoms with Gasteiger partial charge < -0.3 is 14.2 Å². The molecule has 1 atom stereocenters. The standard InChI is InChI=1S/C27H30N6O2/c1-31-17-21(27(34)23-7-3-4-8-24(23)31)18-33(16-20-9-10-30-26(14-20)35-2)22-6-5-13-32(19-22)25-15-28-11-12-29-25/h3-4,7-12,14-15,17,22H,5-6,13,16,18-19H2,1-2H3. The van der Waals surface area contributed by atoms with E-state index in [0.29, 0.717) is 19.0 Å². The highest BCUT2D eigenvalue weighted by Gasteiger charge is 2.27. The summed E-state index contributed by atoms with van der Waals surface area (Å²) < 4.78 is 7.40. The number of ether oxygens (including phenoxy) is 1. The SMILES string of the molecule is COc1cc(CN(Cc2cn(C)c3ccccc3c2=O)C2CCCN(c3cnccn3)C2)ccn1. The minimum absolute atomic E-state index is 0.0950. The van der Waals surface area contributed by atoms with Crippen LogP contribution in [0.5, 0.6) is 5.88 Å². The Morgan fingerprint density at radius 2 is 2.00 bits per heavy atom. The summed E-state index contributed by atoms with van der Waals surface area (Å²) in [5, 5.41) is 0.753. The van der Waals surface area contributed by atoms with Gasteiger partial charge in [-0.15, -0.1) is 0 Å². The van der Waals surface area contributed by atoms with E-state index < -0.39 is 0 Å². The number of aryl methyl sites for hydroxylation is 1. The van der Waals surface area contributed by atoms with E-state index in [1.165, 1.54) is 0 Å². The molecular formula is C27H30N6O2. The van der Waals surface area contributed by atoms with Crippen LogP contribution in [0.1, 0.15) is 24.0 Å². The number of hydrogen-bond donors (Lipinski definition) is 0. The summed E-state index contributed by atoms with van der Waals surface area (Å²) in [5.74, 6) is 1.48. The summed E-state index contributed by atoms with van der Waals surface area (Å²) in [6.07, 6.45) is 11.1. The normalized spacial score (nSPS) is 16.1. The largest absolute Gasteiger partial charge is 0.481 e. The van der Waals surface area contributed by atoms with Gasteiger partial charge in [0.25, 0.3) is 0 Å². The van der Waals surface area contributed by atoms with Gasteiger partial charge in [-0.25, -0.2) is 9.97 Å². The van der Waals surface area contributed by atoms with Crippen LogP contribution in [0.4, 0.5) is 5.82 Å². The lowest BCUT2D eigenvalue weighted by Gasteiger charge is -2.40. The van der Waals surface area contributed by atoms with Gasteiger partial charge in [-0.05, 0) is 36.6 Å². The van der Waals surface area contributed by atoms with Gasteiger partial charge in [-0.2, -0.15) is 0 Å². The monoisotopic (exact) mass is 470 g/mol. The fourth-order valence-electron chi connectivity index (χ4n) is 4.96. The van der Waals surface area contributed by atoms with Gasteiger partial charge in [0.05, 0.1) is 18.8 Å². The number of para-hydroxylation sites is 1. The molecule has 1 fully saturated rings. The average molecular weight is 471 g/mol. The van der Waals surface area contributed by atoms with Crippen LogP contribution in [0.25, 0.3) is 10.9 Å². The van der Waals surface area contributed by atoms with Crippen LogP contribution in [0.15, 0.2) is 72.2 Å². The molecule has 0 bridgehead atoms. The molecule has 1 unspecified atom stereocenters. The number of aromatic nitrogens is 4. The molecule has 1 aliphatic heterocycles. The van der Waals surface area contributed by atoms with Crippen molar-refractivity contribution in [1.82, 2.24) is 24.4 Å². The molecule has 4 heterocycles. The van der Waals surface area contributed by atoms with Crippen molar-refractivity contribution in [2.45, 2.75) is 32.0 Å². The first-order valence-corrected chi connectivity index (χ1v) is 11.9. The molecular weight excluding hydrogens is 440 g/mol. The van der Waals surface area contributed by atoms with E-state index in [0.717, 1.165) is 53.8 Å². The third-order valence-corrected chi connectivity index (χ3v) is 6.72. The molecule has 1 saturated heterocycles. The first-order valence-electron chi connectivity index (χ1n) is 11.9. The Morgan fingerprint density at radius 3 is 2.83 bits per heavy atom. The van der Waals surface area contributed by atoms with Crippen molar-refractivity contribution in [2.75, 3.05) is 25.1 Å². The predicted octanol–water partition coefficient (Wildman–Crippen LogP) is 3.40. The lowest BCUT2D eigenvalue weighted by atomic mass is 10.0. The van der Waals surface area contributed by atoms with E-state index in [4.69, 9.17) is 4.74 Å². The first kappa shape index (κ1) is 23.0. The van der Waals surface area contributed by atoms with Gasteiger partial charge in [0.15, 0.2) is 5.43 Å². The highest BCUT2D eigenvalue weighted by atomic mass is 16.5. The van der Waals surface area contributed by atoms with Crippen LogP contribution in [-0.4, -0.2) is 50.7 Å². The van der Waals surface area contributed by atoms with E-state index >= 15 is 0 Å². The van der Waals surface area contributed by atoms with Crippen molar-refractivity contribution in [3.05, 3.63) is 88.7 Å². The summed E-state index contributed by atoms with van der Waals surface area (Å²) in [7, 11) is 3.63. The molecule has 8 nitrogen and oxygen atoms in total. The topological polar surface area (TPSA) is 76.4 Å². The van der Waals surface area contributed by atoms with Crippen molar-refractivity contribution >= 4 is 16.7 Å². The zero-order valence-electron chi connectivity index (χ0n) is 20.2. The van der Waals surface area contributed by atoms with E-state index in [-0.39, 0.29) is 11.5 Å². The summed E-state index contributed by atoms with van der Waals surface area (Å²) in [5.41, 5.74) is 2.94.